The third-order valence-corrected chi connectivity index (χ3v) is 5.67. The zero-order valence-electron chi connectivity index (χ0n) is 15.9. The molecule has 3 N–H and O–H groups in total. The molecule has 0 saturated heterocycles. The fraction of sp³-hybridized carbons (Fsp3) is 0.400. The summed E-state index contributed by atoms with van der Waals surface area (Å²) < 4.78 is 1.77. The predicted octanol–water partition coefficient (Wildman–Crippen LogP) is 2.98. The van der Waals surface area contributed by atoms with Crippen LogP contribution in [0.15, 0.2) is 24.3 Å². The van der Waals surface area contributed by atoms with Gasteiger partial charge in [0.25, 0.3) is 5.41 Å². The number of hydrogen-bond acceptors (Lipinski definition) is 4. The van der Waals surface area contributed by atoms with Crippen LogP contribution in [0.4, 0.5) is 0 Å². The van der Waals surface area contributed by atoms with Crippen molar-refractivity contribution in [2.75, 3.05) is 0 Å². The van der Waals surface area contributed by atoms with Gasteiger partial charge in [-0.05, 0) is 30.5 Å². The summed E-state index contributed by atoms with van der Waals surface area (Å²) in [4.78, 5) is 40.4. The highest BCUT2D eigenvalue weighted by Gasteiger charge is 2.63. The maximum Gasteiger partial charge on any atom is 0.333 e. The number of carboxylic acids is 3. The molecular formula is C20H21ClN2O6. The van der Waals surface area contributed by atoms with E-state index in [1.54, 1.807) is 16.7 Å². The number of nitrogens with zero attached hydrogens (tertiary/aromatic N) is 2. The van der Waals surface area contributed by atoms with Crippen LogP contribution in [0.5, 0.6) is 0 Å². The van der Waals surface area contributed by atoms with E-state index < -0.39 is 29.2 Å². The molecule has 1 aliphatic rings. The first-order valence-corrected chi connectivity index (χ1v) is 9.52. The summed E-state index contributed by atoms with van der Waals surface area (Å²) in [5.74, 6) is -6.27. The number of aryl methyl sites for hydroxylation is 1. The minimum Gasteiger partial charge on any atom is -0.480 e. The van der Waals surface area contributed by atoms with Crippen LogP contribution in [0, 0.1) is 5.41 Å². The Morgan fingerprint density at radius 1 is 1.14 bits per heavy atom. The molecule has 0 saturated carbocycles. The number of carboxylic acid groups (broad SMARTS) is 3. The van der Waals surface area contributed by atoms with E-state index in [-0.39, 0.29) is 12.3 Å². The summed E-state index contributed by atoms with van der Waals surface area (Å²) in [6.45, 7) is 4.14. The van der Waals surface area contributed by atoms with Crippen molar-refractivity contribution in [3.05, 3.63) is 52.1 Å². The molecule has 29 heavy (non-hydrogen) atoms. The first-order valence-electron chi connectivity index (χ1n) is 9.14. The van der Waals surface area contributed by atoms with Gasteiger partial charge in [0.05, 0.1) is 5.69 Å². The van der Waals surface area contributed by atoms with Crippen LogP contribution in [-0.2, 0) is 27.3 Å². The van der Waals surface area contributed by atoms with Gasteiger partial charge in [0.1, 0.15) is 5.82 Å². The molecule has 0 bridgehead atoms. The number of aromatic nitrogens is 2. The van der Waals surface area contributed by atoms with Crippen molar-refractivity contribution in [3.8, 4) is 0 Å². The lowest BCUT2D eigenvalue weighted by Gasteiger charge is -2.28. The fourth-order valence-corrected chi connectivity index (χ4v) is 4.17. The molecule has 154 valence electrons. The van der Waals surface area contributed by atoms with Crippen LogP contribution in [0.1, 0.15) is 54.9 Å². The Kier molecular flexibility index (Phi) is 5.40. The molecule has 2 aromatic rings. The van der Waals surface area contributed by atoms with Gasteiger partial charge >= 0.3 is 17.9 Å². The van der Waals surface area contributed by atoms with Crippen LogP contribution >= 0.6 is 11.6 Å². The van der Waals surface area contributed by atoms with E-state index in [2.05, 4.69) is 4.98 Å². The second-order valence-electron chi connectivity index (χ2n) is 7.48. The van der Waals surface area contributed by atoms with Crippen LogP contribution in [0.3, 0.4) is 0 Å². The molecule has 0 fully saturated rings. The molecule has 1 aromatic carbocycles. The quantitative estimate of drug-likeness (QED) is 0.587. The maximum absolute atomic E-state index is 11.9. The Labute approximate surface area is 171 Å². The lowest BCUT2D eigenvalue weighted by molar-refractivity contribution is -0.177. The van der Waals surface area contributed by atoms with Crippen molar-refractivity contribution in [2.24, 2.45) is 5.41 Å². The number of fused-ring (bicyclic) bond motifs is 1. The third-order valence-electron chi connectivity index (χ3n) is 5.42. The first-order chi connectivity index (χ1) is 13.6. The summed E-state index contributed by atoms with van der Waals surface area (Å²) in [6.07, 6.45) is 0.407. The number of carbonyl (C=O) groups is 3. The van der Waals surface area contributed by atoms with Crippen molar-refractivity contribution >= 4 is 29.5 Å². The number of aliphatic carboxylic acids is 3. The Morgan fingerprint density at radius 2 is 1.69 bits per heavy atom. The van der Waals surface area contributed by atoms with Gasteiger partial charge in [0, 0.05) is 29.1 Å². The predicted molar refractivity (Wildman–Crippen MR) is 103 cm³/mol. The van der Waals surface area contributed by atoms with Gasteiger partial charge in [0.2, 0.25) is 0 Å². The molecule has 1 aromatic heterocycles. The Balaban J connectivity index is 2.20. The minimum atomic E-state index is -2.97. The lowest BCUT2D eigenvalue weighted by Crippen LogP contribution is -2.51. The van der Waals surface area contributed by atoms with Gasteiger partial charge in [-0.2, -0.15) is 0 Å². The van der Waals surface area contributed by atoms with E-state index in [0.29, 0.717) is 35.2 Å². The van der Waals surface area contributed by atoms with Crippen LogP contribution < -0.4 is 0 Å². The van der Waals surface area contributed by atoms with Crippen molar-refractivity contribution in [3.63, 3.8) is 0 Å². The van der Waals surface area contributed by atoms with Gasteiger partial charge in [-0.15, -0.1) is 0 Å². The summed E-state index contributed by atoms with van der Waals surface area (Å²) in [5, 5.41) is 29.6. The number of imidazole rings is 1. The normalized spacial score (nSPS) is 16.1. The van der Waals surface area contributed by atoms with Gasteiger partial charge in [-0.1, -0.05) is 37.6 Å². The first kappa shape index (κ1) is 20.9. The van der Waals surface area contributed by atoms with E-state index >= 15 is 0 Å². The highest BCUT2D eigenvalue weighted by atomic mass is 35.5. The van der Waals surface area contributed by atoms with E-state index in [0.717, 1.165) is 5.56 Å². The molecular weight excluding hydrogens is 400 g/mol. The summed E-state index contributed by atoms with van der Waals surface area (Å²) in [5.41, 5.74) is -1.19. The van der Waals surface area contributed by atoms with Gasteiger partial charge in [-0.3, -0.25) is 14.4 Å². The minimum absolute atomic E-state index is 0.0255. The van der Waals surface area contributed by atoms with Crippen molar-refractivity contribution < 1.29 is 29.7 Å². The summed E-state index contributed by atoms with van der Waals surface area (Å²) >= 11 is 5.94. The second-order valence-corrected chi connectivity index (χ2v) is 7.92. The Hall–Kier alpha value is -2.87. The summed E-state index contributed by atoms with van der Waals surface area (Å²) in [7, 11) is 0. The Bertz CT molecular complexity index is 944. The van der Waals surface area contributed by atoms with Crippen LogP contribution in [0.25, 0.3) is 0 Å². The molecule has 0 radical (unpaired) electrons. The van der Waals surface area contributed by atoms with E-state index in [9.17, 15) is 29.7 Å². The molecule has 8 nitrogen and oxygen atoms in total. The SMILES string of the molecule is CC(C)c1nc2c(n1Cc1ccc(Cl)cc1)C(C(C(=O)O)(C(=O)O)C(=O)O)CC2. The van der Waals surface area contributed by atoms with E-state index in [4.69, 9.17) is 11.6 Å². The van der Waals surface area contributed by atoms with Gasteiger partial charge < -0.3 is 19.9 Å². The fourth-order valence-electron chi connectivity index (χ4n) is 4.05. The number of benzene rings is 1. The molecule has 1 heterocycles. The molecule has 1 atom stereocenters. The molecule has 0 amide bonds. The smallest absolute Gasteiger partial charge is 0.333 e. The lowest BCUT2D eigenvalue weighted by atomic mass is 9.73. The molecule has 1 aliphatic carbocycles. The zero-order valence-corrected chi connectivity index (χ0v) is 16.7. The largest absolute Gasteiger partial charge is 0.480 e. The van der Waals surface area contributed by atoms with Crippen molar-refractivity contribution in [1.29, 1.82) is 0 Å². The number of hydrogen-bond donors (Lipinski definition) is 3. The topological polar surface area (TPSA) is 130 Å². The molecule has 9 heteroatoms. The monoisotopic (exact) mass is 420 g/mol. The average molecular weight is 421 g/mol. The summed E-state index contributed by atoms with van der Waals surface area (Å²) in [6, 6.07) is 7.05. The number of rotatable bonds is 7. The molecule has 1 unspecified atom stereocenters. The zero-order chi connectivity index (χ0) is 21.5. The standard InChI is InChI=1S/C20H21ClN2O6/c1-10(2)16-22-14-8-7-13(20(17(24)25,18(26)27)19(28)29)15(14)23(16)9-11-3-5-12(21)6-4-11/h3-6,10,13H,7-9H2,1-2H3,(H,24,25)(H,26,27)(H,28,29). The highest BCUT2D eigenvalue weighted by Crippen LogP contribution is 2.47. The molecule has 0 spiro atoms. The van der Waals surface area contributed by atoms with Crippen LogP contribution in [0.2, 0.25) is 5.02 Å². The number of halogens is 1. The Morgan fingerprint density at radius 3 is 2.17 bits per heavy atom. The second kappa shape index (κ2) is 7.51. The van der Waals surface area contributed by atoms with Crippen molar-refractivity contribution in [1.82, 2.24) is 9.55 Å². The third kappa shape index (κ3) is 3.27. The average Bonchev–Trinajstić information content (AvgIpc) is 3.18. The van der Waals surface area contributed by atoms with Gasteiger partial charge in [-0.25, -0.2) is 4.98 Å². The van der Waals surface area contributed by atoms with Gasteiger partial charge in [0.15, 0.2) is 0 Å². The maximum atomic E-state index is 11.9. The van der Waals surface area contributed by atoms with E-state index in [1.807, 2.05) is 26.0 Å². The van der Waals surface area contributed by atoms with E-state index in [1.165, 1.54) is 0 Å². The highest BCUT2D eigenvalue weighted by molar-refractivity contribution is 6.30. The van der Waals surface area contributed by atoms with Crippen molar-refractivity contribution in [2.45, 2.75) is 45.1 Å². The van der Waals surface area contributed by atoms with Crippen LogP contribution in [-0.4, -0.2) is 42.8 Å². The molecule has 3 rings (SSSR count). The molecule has 0 aliphatic heterocycles.